The normalized spacial score (nSPS) is 17.3. The molecule has 0 saturated heterocycles. The van der Waals surface area contributed by atoms with E-state index in [0.717, 1.165) is 33.6 Å². The first-order valence-corrected chi connectivity index (χ1v) is 12.5. The Labute approximate surface area is 209 Å². The highest BCUT2D eigenvalue weighted by Crippen LogP contribution is 2.39. The Bertz CT molecular complexity index is 1350. The first-order valence-electron chi connectivity index (χ1n) is 11.7. The van der Waals surface area contributed by atoms with Crippen LogP contribution < -0.4 is 5.32 Å². The van der Waals surface area contributed by atoms with E-state index in [9.17, 15) is 9.59 Å². The summed E-state index contributed by atoms with van der Waals surface area (Å²) in [6.07, 6.45) is 0.582. The Balaban J connectivity index is 1.47. The lowest BCUT2D eigenvalue weighted by Gasteiger charge is -2.27. The number of carbonyl (C=O) groups excluding carboxylic acids is 2. The molecular formula is C28H26N4O2S. The fourth-order valence-electron chi connectivity index (χ4n) is 4.35. The van der Waals surface area contributed by atoms with E-state index >= 15 is 0 Å². The highest BCUT2D eigenvalue weighted by atomic mass is 32.2. The molecule has 5 rings (SSSR count). The number of carbonyl (C=O) groups is 2. The van der Waals surface area contributed by atoms with Crippen LogP contribution in [0, 0.1) is 13.8 Å². The SMILES string of the molecule is CC[C@H](SC1=Nc2ccccc2C2=N[C@H](c3ccccc3)C(=O)N12)C(=O)Nc1c(C)cccc1C. The Morgan fingerprint density at radius 2 is 1.69 bits per heavy atom. The van der Waals surface area contributed by atoms with Crippen molar-refractivity contribution in [1.82, 2.24) is 4.90 Å². The zero-order valence-electron chi connectivity index (χ0n) is 19.9. The van der Waals surface area contributed by atoms with Crippen molar-refractivity contribution in [1.29, 1.82) is 0 Å². The maximum Gasteiger partial charge on any atom is 0.263 e. The summed E-state index contributed by atoms with van der Waals surface area (Å²) in [5.41, 5.74) is 5.25. The second-order valence-electron chi connectivity index (χ2n) is 8.62. The molecule has 0 aromatic heterocycles. The molecule has 7 heteroatoms. The first-order chi connectivity index (χ1) is 17.0. The molecule has 0 fully saturated rings. The third-order valence-electron chi connectivity index (χ3n) is 6.23. The summed E-state index contributed by atoms with van der Waals surface area (Å²) in [6, 6.07) is 22.5. The van der Waals surface area contributed by atoms with Gasteiger partial charge in [0, 0.05) is 11.3 Å². The van der Waals surface area contributed by atoms with Crippen LogP contribution in [0.4, 0.5) is 11.4 Å². The van der Waals surface area contributed by atoms with Crippen molar-refractivity contribution in [3.63, 3.8) is 0 Å². The third-order valence-corrected chi connectivity index (χ3v) is 7.54. The maximum atomic E-state index is 13.6. The summed E-state index contributed by atoms with van der Waals surface area (Å²) >= 11 is 1.31. The quantitative estimate of drug-likeness (QED) is 0.501. The molecule has 6 nitrogen and oxygen atoms in total. The van der Waals surface area contributed by atoms with Crippen molar-refractivity contribution in [2.75, 3.05) is 5.32 Å². The van der Waals surface area contributed by atoms with Gasteiger partial charge in [0.15, 0.2) is 11.2 Å². The highest BCUT2D eigenvalue weighted by molar-refractivity contribution is 8.15. The van der Waals surface area contributed by atoms with E-state index in [1.165, 1.54) is 11.8 Å². The molecule has 2 aliphatic rings. The second kappa shape index (κ2) is 9.50. The number of fused-ring (bicyclic) bond motifs is 3. The lowest BCUT2D eigenvalue weighted by Crippen LogP contribution is -2.41. The number of hydrogen-bond acceptors (Lipinski definition) is 5. The van der Waals surface area contributed by atoms with Gasteiger partial charge in [-0.2, -0.15) is 0 Å². The van der Waals surface area contributed by atoms with Crippen molar-refractivity contribution in [2.24, 2.45) is 9.98 Å². The molecule has 1 N–H and O–H groups in total. The van der Waals surface area contributed by atoms with E-state index in [0.29, 0.717) is 17.4 Å². The van der Waals surface area contributed by atoms with Crippen LogP contribution in [-0.2, 0) is 9.59 Å². The fraction of sp³-hybridized carbons (Fsp3) is 0.214. The van der Waals surface area contributed by atoms with Gasteiger partial charge in [0.05, 0.1) is 10.9 Å². The zero-order chi connectivity index (χ0) is 24.5. The number of aryl methyl sites for hydroxylation is 2. The van der Waals surface area contributed by atoms with Crippen LogP contribution in [0.25, 0.3) is 0 Å². The number of amides is 2. The largest absolute Gasteiger partial charge is 0.325 e. The average Bonchev–Trinajstić information content (AvgIpc) is 3.23. The molecule has 0 spiro atoms. The number of anilines is 1. The Hall–Kier alpha value is -3.71. The molecule has 0 radical (unpaired) electrons. The smallest absolute Gasteiger partial charge is 0.263 e. The first kappa shape index (κ1) is 23.1. The van der Waals surface area contributed by atoms with Gasteiger partial charge in [-0.1, -0.05) is 79.3 Å². The number of aliphatic imine (C=N–C) groups is 2. The molecule has 176 valence electrons. The maximum absolute atomic E-state index is 13.6. The van der Waals surface area contributed by atoms with Crippen LogP contribution in [0.5, 0.6) is 0 Å². The molecule has 3 aromatic carbocycles. The molecular weight excluding hydrogens is 456 g/mol. The van der Waals surface area contributed by atoms with Gasteiger partial charge in [0.2, 0.25) is 5.91 Å². The van der Waals surface area contributed by atoms with Gasteiger partial charge in [0.1, 0.15) is 5.84 Å². The van der Waals surface area contributed by atoms with Crippen molar-refractivity contribution >= 4 is 46.0 Å². The minimum Gasteiger partial charge on any atom is -0.325 e. The number of para-hydroxylation sites is 2. The van der Waals surface area contributed by atoms with Crippen molar-refractivity contribution in [2.45, 2.75) is 38.5 Å². The summed E-state index contributed by atoms with van der Waals surface area (Å²) in [7, 11) is 0. The van der Waals surface area contributed by atoms with E-state index < -0.39 is 11.3 Å². The molecule has 35 heavy (non-hydrogen) atoms. The topological polar surface area (TPSA) is 74.1 Å². The van der Waals surface area contributed by atoms with Crippen molar-refractivity contribution in [3.8, 4) is 0 Å². The van der Waals surface area contributed by atoms with Gasteiger partial charge < -0.3 is 5.32 Å². The van der Waals surface area contributed by atoms with Crippen molar-refractivity contribution in [3.05, 3.63) is 95.1 Å². The van der Waals surface area contributed by atoms with E-state index in [1.807, 2.05) is 93.6 Å². The molecule has 0 unspecified atom stereocenters. The molecule has 0 bridgehead atoms. The van der Waals surface area contributed by atoms with E-state index in [-0.39, 0.29) is 11.8 Å². The number of rotatable bonds is 5. The second-order valence-corrected chi connectivity index (χ2v) is 9.79. The number of nitrogens with zero attached hydrogens (tertiary/aromatic N) is 3. The van der Waals surface area contributed by atoms with Crippen LogP contribution in [-0.4, -0.2) is 33.0 Å². The zero-order valence-corrected chi connectivity index (χ0v) is 20.7. The number of thioether (sulfide) groups is 1. The van der Waals surface area contributed by atoms with Crippen LogP contribution in [0.3, 0.4) is 0 Å². The monoisotopic (exact) mass is 482 g/mol. The van der Waals surface area contributed by atoms with Gasteiger partial charge in [-0.15, -0.1) is 0 Å². The number of benzene rings is 3. The molecule has 2 heterocycles. The van der Waals surface area contributed by atoms with E-state index in [2.05, 4.69) is 5.32 Å². The summed E-state index contributed by atoms with van der Waals surface area (Å²) in [6.45, 7) is 5.93. The van der Waals surface area contributed by atoms with Crippen LogP contribution in [0.15, 0.2) is 82.8 Å². The summed E-state index contributed by atoms with van der Waals surface area (Å²) < 4.78 is 0. The number of hydrogen-bond donors (Lipinski definition) is 1. The summed E-state index contributed by atoms with van der Waals surface area (Å²) in [5.74, 6) is 0.320. The van der Waals surface area contributed by atoms with Gasteiger partial charge in [-0.05, 0) is 49.1 Å². The summed E-state index contributed by atoms with van der Waals surface area (Å²) in [4.78, 5) is 38.1. The van der Waals surface area contributed by atoms with E-state index in [1.54, 1.807) is 4.90 Å². The van der Waals surface area contributed by atoms with Gasteiger partial charge >= 0.3 is 0 Å². The highest BCUT2D eigenvalue weighted by Gasteiger charge is 2.43. The predicted octanol–water partition coefficient (Wildman–Crippen LogP) is 5.79. The van der Waals surface area contributed by atoms with Gasteiger partial charge in [0.25, 0.3) is 5.91 Å². The molecule has 0 saturated carbocycles. The van der Waals surface area contributed by atoms with Gasteiger partial charge in [-0.25, -0.2) is 14.9 Å². The molecule has 3 aromatic rings. The predicted molar refractivity (Wildman–Crippen MR) is 142 cm³/mol. The van der Waals surface area contributed by atoms with Gasteiger partial charge in [-0.3, -0.25) is 9.59 Å². The number of nitrogens with one attached hydrogen (secondary N) is 1. The minimum atomic E-state index is -0.633. The lowest BCUT2D eigenvalue weighted by atomic mass is 10.1. The third kappa shape index (κ3) is 4.28. The average molecular weight is 483 g/mol. The Morgan fingerprint density at radius 1 is 1.00 bits per heavy atom. The fourth-order valence-corrected chi connectivity index (χ4v) is 5.37. The Kier molecular flexibility index (Phi) is 6.26. The molecule has 2 aliphatic heterocycles. The van der Waals surface area contributed by atoms with E-state index in [4.69, 9.17) is 9.98 Å². The standard InChI is InChI=1S/C28H26N4O2S/c1-4-22(26(33)31-23-17(2)11-10-12-18(23)3)35-28-29-21-16-9-8-15-20(21)25-30-24(27(34)32(25)28)19-13-6-5-7-14-19/h5-16,22,24H,4H2,1-3H3,(H,31,33)/t22-,24+/m0/s1. The lowest BCUT2D eigenvalue weighted by molar-refractivity contribution is -0.124. The summed E-state index contributed by atoms with van der Waals surface area (Å²) in [5, 5.41) is 3.15. The molecule has 2 amide bonds. The van der Waals surface area contributed by atoms with Crippen molar-refractivity contribution < 1.29 is 9.59 Å². The van der Waals surface area contributed by atoms with Crippen LogP contribution in [0.1, 0.15) is 41.6 Å². The van der Waals surface area contributed by atoms with Crippen LogP contribution in [0.2, 0.25) is 0 Å². The Morgan fingerprint density at radius 3 is 2.40 bits per heavy atom. The minimum absolute atomic E-state index is 0.110. The van der Waals surface area contributed by atoms with Crippen LogP contribution >= 0.6 is 11.8 Å². The number of amidine groups is 2. The molecule has 0 aliphatic carbocycles. The molecule has 2 atom stereocenters.